The second-order valence-corrected chi connectivity index (χ2v) is 4.93. The van der Waals surface area contributed by atoms with Gasteiger partial charge in [-0.15, -0.1) is 0 Å². The summed E-state index contributed by atoms with van der Waals surface area (Å²) >= 11 is 0. The molecule has 0 aromatic heterocycles. The van der Waals surface area contributed by atoms with E-state index < -0.39 is 17.9 Å². The number of carbonyl (C=O) groups is 2. The van der Waals surface area contributed by atoms with Gasteiger partial charge in [-0.1, -0.05) is 26.0 Å². The molecule has 18 heavy (non-hydrogen) atoms. The van der Waals surface area contributed by atoms with Crippen molar-refractivity contribution in [1.82, 2.24) is 0 Å². The summed E-state index contributed by atoms with van der Waals surface area (Å²) in [5, 5.41) is 0. The molecule has 4 heteroatoms. The zero-order valence-electron chi connectivity index (χ0n) is 12.0. The summed E-state index contributed by atoms with van der Waals surface area (Å²) in [6.07, 6.45) is 0.347. The van der Waals surface area contributed by atoms with E-state index in [0.29, 0.717) is 6.42 Å². The van der Waals surface area contributed by atoms with Crippen LogP contribution in [0, 0.1) is 11.3 Å². The molecule has 0 saturated heterocycles. The molecule has 0 unspecified atom stereocenters. The molecule has 0 aromatic carbocycles. The average molecular weight is 256 g/mol. The van der Waals surface area contributed by atoms with Crippen LogP contribution in [0.5, 0.6) is 0 Å². The molecule has 104 valence electrons. The lowest BCUT2D eigenvalue weighted by Crippen LogP contribution is -2.32. The minimum absolute atomic E-state index is 0.252. The van der Waals surface area contributed by atoms with E-state index in [2.05, 4.69) is 6.58 Å². The van der Waals surface area contributed by atoms with Crippen molar-refractivity contribution < 1.29 is 19.1 Å². The summed E-state index contributed by atoms with van der Waals surface area (Å²) in [5.74, 6) is -1.92. The molecule has 0 rings (SSSR count). The van der Waals surface area contributed by atoms with Gasteiger partial charge in [0.25, 0.3) is 0 Å². The van der Waals surface area contributed by atoms with E-state index in [1.54, 1.807) is 13.8 Å². The van der Waals surface area contributed by atoms with Gasteiger partial charge < -0.3 is 9.47 Å². The normalized spacial score (nSPS) is 11.2. The lowest BCUT2D eigenvalue weighted by atomic mass is 9.78. The Labute approximate surface area is 109 Å². The molecule has 0 spiro atoms. The minimum atomic E-state index is -0.878. The Morgan fingerprint density at radius 2 is 1.50 bits per heavy atom. The van der Waals surface area contributed by atoms with Gasteiger partial charge in [-0.2, -0.15) is 0 Å². The van der Waals surface area contributed by atoms with E-state index in [4.69, 9.17) is 9.47 Å². The first-order valence-electron chi connectivity index (χ1n) is 6.25. The van der Waals surface area contributed by atoms with Crippen molar-refractivity contribution in [3.8, 4) is 0 Å². The zero-order chi connectivity index (χ0) is 14.3. The van der Waals surface area contributed by atoms with Gasteiger partial charge in [0, 0.05) is 0 Å². The van der Waals surface area contributed by atoms with E-state index in [0.717, 1.165) is 5.57 Å². The van der Waals surface area contributed by atoms with Crippen molar-refractivity contribution in [3.05, 3.63) is 12.2 Å². The molecular weight excluding hydrogens is 232 g/mol. The Balaban J connectivity index is 4.93. The molecular formula is C14H24O4. The van der Waals surface area contributed by atoms with Crippen LogP contribution in [0.3, 0.4) is 0 Å². The first-order valence-corrected chi connectivity index (χ1v) is 6.25. The summed E-state index contributed by atoms with van der Waals surface area (Å²) in [7, 11) is 0. The maximum absolute atomic E-state index is 11.8. The van der Waals surface area contributed by atoms with E-state index in [-0.39, 0.29) is 18.6 Å². The molecule has 0 N–H and O–H groups in total. The second kappa shape index (κ2) is 7.19. The van der Waals surface area contributed by atoms with Gasteiger partial charge in [-0.25, -0.2) is 0 Å². The van der Waals surface area contributed by atoms with E-state index in [1.165, 1.54) is 0 Å². The van der Waals surface area contributed by atoms with Crippen molar-refractivity contribution in [2.45, 2.75) is 41.0 Å². The smallest absolute Gasteiger partial charge is 0.320 e. The molecule has 0 atom stereocenters. The van der Waals surface area contributed by atoms with Crippen LogP contribution in [-0.2, 0) is 19.1 Å². The lowest BCUT2D eigenvalue weighted by Gasteiger charge is -2.28. The van der Waals surface area contributed by atoms with Crippen molar-refractivity contribution in [3.63, 3.8) is 0 Å². The average Bonchev–Trinajstić information content (AvgIpc) is 2.26. The van der Waals surface area contributed by atoms with E-state index >= 15 is 0 Å². The number of carbonyl (C=O) groups excluding carboxylic acids is 2. The first kappa shape index (κ1) is 16.7. The highest BCUT2D eigenvalue weighted by Crippen LogP contribution is 2.33. The van der Waals surface area contributed by atoms with Crippen molar-refractivity contribution in [1.29, 1.82) is 0 Å². The fraction of sp³-hybridized carbons (Fsp3) is 0.714. The van der Waals surface area contributed by atoms with Crippen LogP contribution in [0.15, 0.2) is 12.2 Å². The van der Waals surface area contributed by atoms with Crippen LogP contribution >= 0.6 is 0 Å². The summed E-state index contributed by atoms with van der Waals surface area (Å²) in [4.78, 5) is 23.6. The largest absolute Gasteiger partial charge is 0.465 e. The fourth-order valence-corrected chi connectivity index (χ4v) is 1.43. The van der Waals surface area contributed by atoms with Gasteiger partial charge in [0.05, 0.1) is 13.2 Å². The van der Waals surface area contributed by atoms with Gasteiger partial charge in [0.2, 0.25) is 0 Å². The molecule has 0 fully saturated rings. The van der Waals surface area contributed by atoms with Crippen molar-refractivity contribution >= 4 is 11.9 Å². The Morgan fingerprint density at radius 1 is 1.11 bits per heavy atom. The highest BCUT2D eigenvalue weighted by atomic mass is 16.6. The molecule has 0 bridgehead atoms. The highest BCUT2D eigenvalue weighted by molar-refractivity contribution is 5.95. The third-order valence-corrected chi connectivity index (χ3v) is 3.01. The van der Waals surface area contributed by atoms with E-state index in [1.807, 2.05) is 20.8 Å². The summed E-state index contributed by atoms with van der Waals surface area (Å²) < 4.78 is 9.86. The number of esters is 2. The second-order valence-electron chi connectivity index (χ2n) is 4.93. The highest BCUT2D eigenvalue weighted by Gasteiger charge is 2.35. The number of ether oxygens (including phenoxy) is 2. The monoisotopic (exact) mass is 256 g/mol. The number of hydrogen-bond donors (Lipinski definition) is 0. The topological polar surface area (TPSA) is 52.6 Å². The Bertz CT molecular complexity index is 300. The fourth-order valence-electron chi connectivity index (χ4n) is 1.43. The Morgan fingerprint density at radius 3 is 1.78 bits per heavy atom. The van der Waals surface area contributed by atoms with Crippen LogP contribution < -0.4 is 0 Å². The zero-order valence-corrected chi connectivity index (χ0v) is 12.0. The van der Waals surface area contributed by atoms with Crippen molar-refractivity contribution in [2.75, 3.05) is 13.2 Å². The third kappa shape index (κ3) is 4.90. The van der Waals surface area contributed by atoms with Gasteiger partial charge in [-0.05, 0) is 32.6 Å². The summed E-state index contributed by atoms with van der Waals surface area (Å²) in [5.41, 5.74) is 0.602. The molecule has 0 aromatic rings. The van der Waals surface area contributed by atoms with Crippen LogP contribution in [-0.4, -0.2) is 25.2 Å². The quantitative estimate of drug-likeness (QED) is 0.399. The number of allylic oxidation sites excluding steroid dienone is 1. The first-order chi connectivity index (χ1) is 8.26. The minimum Gasteiger partial charge on any atom is -0.465 e. The van der Waals surface area contributed by atoms with Gasteiger partial charge in [0.15, 0.2) is 5.92 Å². The molecule has 0 amide bonds. The predicted molar refractivity (Wildman–Crippen MR) is 70.0 cm³/mol. The van der Waals surface area contributed by atoms with Gasteiger partial charge in [-0.3, -0.25) is 9.59 Å². The van der Waals surface area contributed by atoms with Crippen LogP contribution in [0.2, 0.25) is 0 Å². The molecule has 4 nitrogen and oxygen atoms in total. The Kier molecular flexibility index (Phi) is 6.66. The van der Waals surface area contributed by atoms with Gasteiger partial charge in [0.1, 0.15) is 0 Å². The Hall–Kier alpha value is -1.32. The van der Waals surface area contributed by atoms with Crippen LogP contribution in [0.1, 0.15) is 41.0 Å². The van der Waals surface area contributed by atoms with Crippen LogP contribution in [0.4, 0.5) is 0 Å². The molecule has 0 aliphatic heterocycles. The molecule has 0 saturated carbocycles. The molecule has 0 radical (unpaired) electrons. The maximum atomic E-state index is 11.8. The maximum Gasteiger partial charge on any atom is 0.320 e. The SMILES string of the molecule is C=C(C)C(C)(C)CC(C(=O)OCC)C(=O)OCC. The van der Waals surface area contributed by atoms with Gasteiger partial charge >= 0.3 is 11.9 Å². The molecule has 0 aliphatic rings. The van der Waals surface area contributed by atoms with Crippen LogP contribution in [0.25, 0.3) is 0 Å². The standard InChI is InChI=1S/C14H24O4/c1-7-17-12(15)11(13(16)18-8-2)9-14(5,6)10(3)4/h11H,3,7-9H2,1-2,4-6H3. The van der Waals surface area contributed by atoms with Crippen molar-refractivity contribution in [2.24, 2.45) is 11.3 Å². The third-order valence-electron chi connectivity index (χ3n) is 3.01. The summed E-state index contributed by atoms with van der Waals surface area (Å²) in [6, 6.07) is 0. The molecule has 0 aliphatic carbocycles. The number of hydrogen-bond acceptors (Lipinski definition) is 4. The molecule has 0 heterocycles. The number of rotatable bonds is 7. The van der Waals surface area contributed by atoms with E-state index in [9.17, 15) is 9.59 Å². The lowest BCUT2D eigenvalue weighted by molar-refractivity contribution is -0.162. The summed E-state index contributed by atoms with van der Waals surface area (Å²) in [6.45, 7) is 13.6. The predicted octanol–water partition coefficient (Wildman–Crippen LogP) is 2.72.